The average Bonchev–Trinajstić information content (AvgIpc) is 3.51. The van der Waals surface area contributed by atoms with Gasteiger partial charge < -0.3 is 11.1 Å². The fourth-order valence-corrected chi connectivity index (χ4v) is 3.55. The Morgan fingerprint density at radius 3 is 2.61 bits per heavy atom. The summed E-state index contributed by atoms with van der Waals surface area (Å²) in [6.45, 7) is 0. The molecule has 0 spiro atoms. The first-order valence-corrected chi connectivity index (χ1v) is 9.38. The summed E-state index contributed by atoms with van der Waals surface area (Å²) in [5.74, 6) is 0.176. The third kappa shape index (κ3) is 3.66. The quantitative estimate of drug-likeness (QED) is 0.638. The van der Waals surface area contributed by atoms with E-state index in [1.54, 1.807) is 18.6 Å². The van der Waals surface area contributed by atoms with E-state index in [0.29, 0.717) is 29.5 Å². The second-order valence-electron chi connectivity index (χ2n) is 6.84. The van der Waals surface area contributed by atoms with Crippen LogP contribution in [0.4, 0.5) is 11.6 Å². The standard InChI is InChI=1S/C20H19ClN6O/c21-16-11-25-19(26-14-9-23-12-24-10-14)27-17(16)6-5-13-3-1-2-4-15(13)20(7-8-20)18(22)28/h1-4,9-12H,5-8H2,(H2,22,28)(H,25,26,27). The number of aryl methyl sites for hydroxylation is 2. The van der Waals surface area contributed by atoms with Crippen molar-refractivity contribution < 1.29 is 4.79 Å². The molecule has 4 rings (SSSR count). The molecule has 1 fully saturated rings. The van der Waals surface area contributed by atoms with Crippen LogP contribution in [-0.4, -0.2) is 25.8 Å². The molecule has 8 heteroatoms. The van der Waals surface area contributed by atoms with Gasteiger partial charge >= 0.3 is 0 Å². The zero-order valence-corrected chi connectivity index (χ0v) is 15.9. The smallest absolute Gasteiger partial charge is 0.228 e. The number of hydrogen-bond donors (Lipinski definition) is 2. The van der Waals surface area contributed by atoms with E-state index < -0.39 is 5.41 Å². The molecule has 0 aliphatic heterocycles. The van der Waals surface area contributed by atoms with Gasteiger partial charge in [0.05, 0.1) is 40.4 Å². The maximum absolute atomic E-state index is 11.9. The number of amides is 1. The number of nitrogens with two attached hydrogens (primary N) is 1. The summed E-state index contributed by atoms with van der Waals surface area (Å²) in [5.41, 5.74) is 8.69. The molecule has 28 heavy (non-hydrogen) atoms. The monoisotopic (exact) mass is 394 g/mol. The topological polar surface area (TPSA) is 107 Å². The first-order chi connectivity index (χ1) is 13.6. The lowest BCUT2D eigenvalue weighted by Gasteiger charge is -2.16. The number of rotatable bonds is 7. The number of hydrogen-bond acceptors (Lipinski definition) is 6. The van der Waals surface area contributed by atoms with Crippen molar-refractivity contribution in [3.63, 3.8) is 0 Å². The second kappa shape index (κ2) is 7.52. The summed E-state index contributed by atoms with van der Waals surface area (Å²) in [5, 5.41) is 3.57. The van der Waals surface area contributed by atoms with Crippen molar-refractivity contribution in [1.29, 1.82) is 0 Å². The predicted molar refractivity (Wildman–Crippen MR) is 106 cm³/mol. The number of aromatic nitrogens is 4. The first-order valence-electron chi connectivity index (χ1n) is 9.00. The summed E-state index contributed by atoms with van der Waals surface area (Å²) in [7, 11) is 0. The Hall–Kier alpha value is -3.06. The third-order valence-corrected chi connectivity index (χ3v) is 5.33. The van der Waals surface area contributed by atoms with Gasteiger partial charge in [-0.1, -0.05) is 35.9 Å². The molecule has 142 valence electrons. The number of carbonyl (C=O) groups excluding carboxylic acids is 1. The number of carbonyl (C=O) groups is 1. The zero-order chi connectivity index (χ0) is 19.6. The summed E-state index contributed by atoms with van der Waals surface area (Å²) >= 11 is 6.31. The lowest BCUT2D eigenvalue weighted by Crippen LogP contribution is -2.29. The molecule has 1 aliphatic rings. The van der Waals surface area contributed by atoms with Crippen LogP contribution in [0.3, 0.4) is 0 Å². The minimum absolute atomic E-state index is 0.253. The van der Waals surface area contributed by atoms with E-state index >= 15 is 0 Å². The molecular weight excluding hydrogens is 376 g/mol. The van der Waals surface area contributed by atoms with Crippen molar-refractivity contribution >= 4 is 29.1 Å². The maximum atomic E-state index is 11.9. The van der Waals surface area contributed by atoms with Crippen LogP contribution in [0.2, 0.25) is 5.02 Å². The second-order valence-corrected chi connectivity index (χ2v) is 7.25. The highest BCUT2D eigenvalue weighted by Gasteiger charge is 2.50. The lowest BCUT2D eigenvalue weighted by molar-refractivity contribution is -0.120. The van der Waals surface area contributed by atoms with E-state index in [9.17, 15) is 4.79 Å². The van der Waals surface area contributed by atoms with E-state index in [-0.39, 0.29) is 5.91 Å². The van der Waals surface area contributed by atoms with Crippen LogP contribution in [0.1, 0.15) is 29.7 Å². The Morgan fingerprint density at radius 2 is 1.89 bits per heavy atom. The number of nitrogens with zero attached hydrogens (tertiary/aromatic N) is 4. The number of anilines is 2. The van der Waals surface area contributed by atoms with Gasteiger partial charge in [-0.05, 0) is 36.8 Å². The fourth-order valence-electron chi connectivity index (χ4n) is 3.36. The minimum Gasteiger partial charge on any atom is -0.369 e. The largest absolute Gasteiger partial charge is 0.369 e. The van der Waals surface area contributed by atoms with Crippen molar-refractivity contribution in [3.05, 3.63) is 71.0 Å². The highest BCUT2D eigenvalue weighted by Crippen LogP contribution is 2.49. The Bertz CT molecular complexity index is 1010. The van der Waals surface area contributed by atoms with Gasteiger partial charge in [0.1, 0.15) is 6.33 Å². The van der Waals surface area contributed by atoms with Crippen LogP contribution in [0.15, 0.2) is 49.2 Å². The van der Waals surface area contributed by atoms with Crippen molar-refractivity contribution in [2.75, 3.05) is 5.32 Å². The Labute approximate surface area is 167 Å². The van der Waals surface area contributed by atoms with Crippen LogP contribution >= 0.6 is 11.6 Å². The van der Waals surface area contributed by atoms with Crippen molar-refractivity contribution in [2.24, 2.45) is 5.73 Å². The van der Waals surface area contributed by atoms with Crippen molar-refractivity contribution in [3.8, 4) is 0 Å². The summed E-state index contributed by atoms with van der Waals surface area (Å²) in [6, 6.07) is 7.95. The van der Waals surface area contributed by atoms with Crippen molar-refractivity contribution in [1.82, 2.24) is 19.9 Å². The van der Waals surface area contributed by atoms with Gasteiger partial charge in [0.2, 0.25) is 11.9 Å². The SMILES string of the molecule is NC(=O)C1(c2ccccc2CCc2nc(Nc3cncnc3)ncc2Cl)CC1. The highest BCUT2D eigenvalue weighted by molar-refractivity contribution is 6.31. The molecule has 7 nitrogen and oxygen atoms in total. The van der Waals surface area contributed by atoms with Gasteiger partial charge in [-0.3, -0.25) is 4.79 Å². The van der Waals surface area contributed by atoms with Crippen LogP contribution in [0, 0.1) is 0 Å². The Balaban J connectivity index is 1.53. The van der Waals surface area contributed by atoms with Gasteiger partial charge in [0.15, 0.2) is 0 Å². The molecule has 1 aromatic carbocycles. The molecule has 1 saturated carbocycles. The summed E-state index contributed by atoms with van der Waals surface area (Å²) in [4.78, 5) is 28.6. The summed E-state index contributed by atoms with van der Waals surface area (Å²) in [6.07, 6.45) is 9.24. The molecule has 0 bridgehead atoms. The van der Waals surface area contributed by atoms with Gasteiger partial charge in [-0.2, -0.15) is 0 Å². The minimum atomic E-state index is -0.508. The van der Waals surface area contributed by atoms with Crippen LogP contribution in [0.5, 0.6) is 0 Å². The van der Waals surface area contributed by atoms with Crippen LogP contribution in [-0.2, 0) is 23.1 Å². The molecule has 2 aromatic heterocycles. The van der Waals surface area contributed by atoms with E-state index in [4.69, 9.17) is 17.3 Å². The Morgan fingerprint density at radius 1 is 1.14 bits per heavy atom. The highest BCUT2D eigenvalue weighted by atomic mass is 35.5. The summed E-state index contributed by atoms with van der Waals surface area (Å²) < 4.78 is 0. The van der Waals surface area contributed by atoms with Gasteiger partial charge in [0.25, 0.3) is 0 Å². The molecule has 2 heterocycles. The number of benzene rings is 1. The number of primary amides is 1. The van der Waals surface area contributed by atoms with E-state index in [2.05, 4.69) is 25.3 Å². The van der Waals surface area contributed by atoms with Crippen molar-refractivity contribution in [2.45, 2.75) is 31.1 Å². The maximum Gasteiger partial charge on any atom is 0.228 e. The van der Waals surface area contributed by atoms with E-state index in [1.807, 2.05) is 24.3 Å². The molecule has 3 aromatic rings. The predicted octanol–water partition coefficient (Wildman–Crippen LogP) is 2.97. The molecule has 3 N–H and O–H groups in total. The Kier molecular flexibility index (Phi) is 4.92. The zero-order valence-electron chi connectivity index (χ0n) is 15.1. The molecule has 0 atom stereocenters. The fraction of sp³-hybridized carbons (Fsp3) is 0.250. The normalized spacial score (nSPS) is 14.5. The average molecular weight is 395 g/mol. The lowest BCUT2D eigenvalue weighted by atomic mass is 9.88. The molecule has 0 radical (unpaired) electrons. The van der Waals surface area contributed by atoms with Gasteiger partial charge in [-0.15, -0.1) is 0 Å². The first kappa shape index (κ1) is 18.3. The van der Waals surface area contributed by atoms with Gasteiger partial charge in [-0.25, -0.2) is 19.9 Å². The van der Waals surface area contributed by atoms with Crippen LogP contribution < -0.4 is 11.1 Å². The van der Waals surface area contributed by atoms with Gasteiger partial charge in [0, 0.05) is 0 Å². The molecule has 1 amide bonds. The molecular formula is C20H19ClN6O. The number of halogens is 1. The number of nitrogens with one attached hydrogen (secondary N) is 1. The van der Waals surface area contributed by atoms with E-state index in [1.165, 1.54) is 6.33 Å². The van der Waals surface area contributed by atoms with Crippen LogP contribution in [0.25, 0.3) is 0 Å². The molecule has 1 aliphatic carbocycles. The molecule has 0 unspecified atom stereocenters. The van der Waals surface area contributed by atoms with E-state index in [0.717, 1.165) is 29.7 Å². The molecule has 0 saturated heterocycles. The third-order valence-electron chi connectivity index (χ3n) is 5.02.